The SMILES string of the molecule is COC(=O)[C@H](c1cc(C#N)c(C#N)cc1C#N)[C@H](C(=O)OC)C(C)(C)C. The van der Waals surface area contributed by atoms with Crippen molar-refractivity contribution in [1.82, 2.24) is 0 Å². The van der Waals surface area contributed by atoms with Gasteiger partial charge in [0.2, 0.25) is 0 Å². The van der Waals surface area contributed by atoms with E-state index in [9.17, 15) is 20.1 Å². The van der Waals surface area contributed by atoms with Crippen LogP contribution in [0.15, 0.2) is 12.1 Å². The van der Waals surface area contributed by atoms with E-state index < -0.39 is 29.2 Å². The van der Waals surface area contributed by atoms with Gasteiger partial charge in [0.15, 0.2) is 0 Å². The summed E-state index contributed by atoms with van der Waals surface area (Å²) in [6.07, 6.45) is 0. The summed E-state index contributed by atoms with van der Waals surface area (Å²) in [5.74, 6) is -3.51. The Morgan fingerprint density at radius 2 is 1.35 bits per heavy atom. The highest BCUT2D eigenvalue weighted by Crippen LogP contribution is 2.41. The number of rotatable bonds is 4. The quantitative estimate of drug-likeness (QED) is 0.761. The molecule has 0 saturated carbocycles. The van der Waals surface area contributed by atoms with Crippen molar-refractivity contribution >= 4 is 11.9 Å². The summed E-state index contributed by atoms with van der Waals surface area (Å²) >= 11 is 0. The van der Waals surface area contributed by atoms with Crippen LogP contribution >= 0.6 is 0 Å². The molecule has 1 rings (SSSR count). The van der Waals surface area contributed by atoms with E-state index in [1.807, 2.05) is 18.2 Å². The molecule has 0 heterocycles. The normalized spacial score (nSPS) is 12.7. The molecule has 0 radical (unpaired) electrons. The number of carbonyl (C=O) groups excluding carboxylic acids is 2. The summed E-state index contributed by atoms with van der Waals surface area (Å²) < 4.78 is 9.73. The van der Waals surface area contributed by atoms with E-state index in [0.29, 0.717) is 0 Å². The van der Waals surface area contributed by atoms with E-state index in [4.69, 9.17) is 14.7 Å². The van der Waals surface area contributed by atoms with Crippen molar-refractivity contribution in [2.75, 3.05) is 14.2 Å². The standard InChI is InChI=1S/C19H19N3O4/c1-19(2,3)16(18(24)26-5)15(17(23)25-4)14-7-12(9-21)11(8-20)6-13(14)10-22/h6-7,15-16H,1-5H3/t15-,16-/m1/s1. The molecule has 26 heavy (non-hydrogen) atoms. The maximum absolute atomic E-state index is 12.6. The van der Waals surface area contributed by atoms with E-state index >= 15 is 0 Å². The maximum Gasteiger partial charge on any atom is 0.314 e. The predicted octanol–water partition coefficient (Wildman–Crippen LogP) is 2.39. The van der Waals surface area contributed by atoms with Gasteiger partial charge in [0.1, 0.15) is 12.1 Å². The Labute approximate surface area is 152 Å². The van der Waals surface area contributed by atoms with Crippen molar-refractivity contribution in [1.29, 1.82) is 15.8 Å². The Morgan fingerprint density at radius 1 is 0.885 bits per heavy atom. The van der Waals surface area contributed by atoms with Crippen LogP contribution in [0.5, 0.6) is 0 Å². The monoisotopic (exact) mass is 353 g/mol. The second kappa shape index (κ2) is 8.14. The fraction of sp³-hybridized carbons (Fsp3) is 0.421. The van der Waals surface area contributed by atoms with Crippen LogP contribution in [0.2, 0.25) is 0 Å². The molecule has 1 aromatic carbocycles. The maximum atomic E-state index is 12.6. The van der Waals surface area contributed by atoms with E-state index in [1.54, 1.807) is 20.8 Å². The molecular formula is C19H19N3O4. The largest absolute Gasteiger partial charge is 0.469 e. The molecule has 7 heteroatoms. The van der Waals surface area contributed by atoms with Crippen LogP contribution in [0.4, 0.5) is 0 Å². The molecule has 0 saturated heterocycles. The highest BCUT2D eigenvalue weighted by molar-refractivity contribution is 5.87. The molecule has 0 aliphatic heterocycles. The number of hydrogen-bond acceptors (Lipinski definition) is 7. The minimum Gasteiger partial charge on any atom is -0.469 e. The first-order chi connectivity index (χ1) is 12.2. The third-order valence-electron chi connectivity index (χ3n) is 4.06. The molecule has 2 atom stereocenters. The molecule has 0 N–H and O–H groups in total. The Bertz CT molecular complexity index is 848. The zero-order valence-corrected chi connectivity index (χ0v) is 15.3. The number of benzene rings is 1. The third kappa shape index (κ3) is 3.99. The molecule has 0 bridgehead atoms. The fourth-order valence-corrected chi connectivity index (χ4v) is 2.84. The molecule has 0 aliphatic rings. The lowest BCUT2D eigenvalue weighted by Gasteiger charge is -2.34. The van der Waals surface area contributed by atoms with Crippen molar-refractivity contribution in [2.45, 2.75) is 26.7 Å². The summed E-state index contributed by atoms with van der Waals surface area (Å²) in [7, 11) is 2.38. The first-order valence-corrected chi connectivity index (χ1v) is 7.70. The highest BCUT2D eigenvalue weighted by Gasteiger charge is 2.45. The minimum atomic E-state index is -1.16. The number of hydrogen-bond donors (Lipinski definition) is 0. The van der Waals surface area contributed by atoms with E-state index in [-0.39, 0.29) is 22.3 Å². The van der Waals surface area contributed by atoms with Gasteiger partial charge in [-0.05, 0) is 23.1 Å². The van der Waals surface area contributed by atoms with Crippen LogP contribution in [-0.2, 0) is 19.1 Å². The Morgan fingerprint density at radius 3 is 1.73 bits per heavy atom. The highest BCUT2D eigenvalue weighted by atomic mass is 16.5. The molecule has 0 aliphatic carbocycles. The lowest BCUT2D eigenvalue weighted by atomic mass is 9.69. The molecule has 0 amide bonds. The van der Waals surface area contributed by atoms with Crippen LogP contribution in [0, 0.1) is 45.3 Å². The topological polar surface area (TPSA) is 124 Å². The van der Waals surface area contributed by atoms with Crippen molar-refractivity contribution < 1.29 is 19.1 Å². The minimum absolute atomic E-state index is 0.00734. The number of esters is 2. The van der Waals surface area contributed by atoms with E-state index in [2.05, 4.69) is 0 Å². The summed E-state index contributed by atoms with van der Waals surface area (Å²) in [5, 5.41) is 27.9. The zero-order chi connectivity index (χ0) is 20.1. The molecule has 134 valence electrons. The van der Waals surface area contributed by atoms with Gasteiger partial charge in [-0.3, -0.25) is 9.59 Å². The first-order valence-electron chi connectivity index (χ1n) is 7.70. The van der Waals surface area contributed by atoms with Crippen LogP contribution in [0.25, 0.3) is 0 Å². The van der Waals surface area contributed by atoms with Gasteiger partial charge in [-0.25, -0.2) is 0 Å². The number of methoxy groups -OCH3 is 2. The second-order valence-corrected chi connectivity index (χ2v) is 6.69. The molecular weight excluding hydrogens is 334 g/mol. The van der Waals surface area contributed by atoms with Crippen molar-refractivity contribution in [3.05, 3.63) is 34.4 Å². The van der Waals surface area contributed by atoms with E-state index in [0.717, 1.165) is 0 Å². The van der Waals surface area contributed by atoms with Gasteiger partial charge >= 0.3 is 11.9 Å². The molecule has 0 unspecified atom stereocenters. The first kappa shape index (κ1) is 20.7. The lowest BCUT2D eigenvalue weighted by molar-refractivity contribution is -0.158. The van der Waals surface area contributed by atoms with Gasteiger partial charge in [-0.15, -0.1) is 0 Å². The van der Waals surface area contributed by atoms with Crippen LogP contribution in [0.1, 0.15) is 48.9 Å². The van der Waals surface area contributed by atoms with Gasteiger partial charge in [0, 0.05) is 0 Å². The molecule has 0 fully saturated rings. The zero-order valence-electron chi connectivity index (χ0n) is 15.3. The van der Waals surface area contributed by atoms with Gasteiger partial charge in [-0.2, -0.15) is 15.8 Å². The van der Waals surface area contributed by atoms with Crippen molar-refractivity contribution in [3.8, 4) is 18.2 Å². The van der Waals surface area contributed by atoms with Crippen molar-refractivity contribution in [2.24, 2.45) is 11.3 Å². The number of carbonyl (C=O) groups is 2. The summed E-state index contributed by atoms with van der Waals surface area (Å²) in [6.45, 7) is 5.27. The van der Waals surface area contributed by atoms with Crippen LogP contribution < -0.4 is 0 Å². The third-order valence-corrected chi connectivity index (χ3v) is 4.06. The van der Waals surface area contributed by atoms with Crippen LogP contribution in [0.3, 0.4) is 0 Å². The fourth-order valence-electron chi connectivity index (χ4n) is 2.84. The Balaban J connectivity index is 3.85. The molecule has 1 aromatic rings. The van der Waals surface area contributed by atoms with Gasteiger partial charge in [0.25, 0.3) is 0 Å². The van der Waals surface area contributed by atoms with E-state index in [1.165, 1.54) is 26.4 Å². The predicted molar refractivity (Wildman–Crippen MR) is 90.3 cm³/mol. The smallest absolute Gasteiger partial charge is 0.314 e. The van der Waals surface area contributed by atoms with Crippen molar-refractivity contribution in [3.63, 3.8) is 0 Å². The lowest BCUT2D eigenvalue weighted by Crippen LogP contribution is -2.39. The molecule has 0 aromatic heterocycles. The Kier molecular flexibility index (Phi) is 6.47. The molecule has 7 nitrogen and oxygen atoms in total. The second-order valence-electron chi connectivity index (χ2n) is 6.69. The van der Waals surface area contributed by atoms with Gasteiger partial charge in [0.05, 0.1) is 48.8 Å². The number of ether oxygens (including phenoxy) is 2. The number of nitrogens with zero attached hydrogens (tertiary/aromatic N) is 3. The number of nitriles is 3. The summed E-state index contributed by atoms with van der Waals surface area (Å²) in [6, 6.07) is 8.17. The summed E-state index contributed by atoms with van der Waals surface area (Å²) in [4.78, 5) is 25.0. The van der Waals surface area contributed by atoms with Crippen LogP contribution in [-0.4, -0.2) is 26.2 Å². The van der Waals surface area contributed by atoms with Gasteiger partial charge in [-0.1, -0.05) is 20.8 Å². The molecule has 0 spiro atoms. The Hall–Kier alpha value is -3.37. The summed E-state index contributed by atoms with van der Waals surface area (Å²) in [5.41, 5.74) is -0.511. The average Bonchev–Trinajstić information content (AvgIpc) is 2.62. The average molecular weight is 353 g/mol. The van der Waals surface area contributed by atoms with Gasteiger partial charge < -0.3 is 9.47 Å².